The molecule has 11 heteroatoms. The Hall–Kier alpha value is -2.88. The van der Waals surface area contributed by atoms with E-state index < -0.39 is 17.9 Å². The van der Waals surface area contributed by atoms with Crippen LogP contribution in [0.5, 0.6) is 5.75 Å². The third kappa shape index (κ3) is 5.12. The molecule has 1 aliphatic rings. The second kappa shape index (κ2) is 10.2. The molecular weight excluding hydrogens is 475 g/mol. The van der Waals surface area contributed by atoms with Crippen LogP contribution in [-0.4, -0.2) is 52.4 Å². The Morgan fingerprint density at radius 2 is 1.84 bits per heavy atom. The molecule has 1 atom stereocenters. The van der Waals surface area contributed by atoms with Crippen molar-refractivity contribution in [3.8, 4) is 5.75 Å². The molecule has 0 saturated carbocycles. The first-order valence-corrected chi connectivity index (χ1v) is 10.8. The molecule has 0 spiro atoms. The lowest BCUT2D eigenvalue weighted by atomic mass is 10.1. The number of hydrogen-bond donors (Lipinski definition) is 2. The van der Waals surface area contributed by atoms with Crippen molar-refractivity contribution in [2.45, 2.75) is 19.4 Å². The maximum Gasteiger partial charge on any atom is 0.271 e. The van der Waals surface area contributed by atoms with Crippen molar-refractivity contribution in [2.75, 3.05) is 19.0 Å². The lowest BCUT2D eigenvalue weighted by Gasteiger charge is -2.24. The summed E-state index contributed by atoms with van der Waals surface area (Å²) in [4.78, 5) is 39.6. The van der Waals surface area contributed by atoms with Gasteiger partial charge in [0.05, 0.1) is 24.1 Å². The number of thiocarbonyl (C=S) groups is 1. The minimum Gasteiger partial charge on any atom is -0.497 e. The summed E-state index contributed by atoms with van der Waals surface area (Å²) in [6.07, 6.45) is -0.226. The third-order valence-corrected chi connectivity index (χ3v) is 5.73. The number of benzene rings is 2. The van der Waals surface area contributed by atoms with Gasteiger partial charge in [0.2, 0.25) is 5.91 Å². The second-order valence-electron chi connectivity index (χ2n) is 6.80. The predicted molar refractivity (Wildman–Crippen MR) is 126 cm³/mol. The van der Waals surface area contributed by atoms with Gasteiger partial charge in [0.1, 0.15) is 11.8 Å². The van der Waals surface area contributed by atoms with Crippen LogP contribution in [0.2, 0.25) is 10.0 Å². The summed E-state index contributed by atoms with van der Waals surface area (Å²) in [5.41, 5.74) is 3.30. The van der Waals surface area contributed by atoms with Crippen molar-refractivity contribution in [3.05, 3.63) is 58.1 Å². The largest absolute Gasteiger partial charge is 0.497 e. The molecule has 0 aliphatic carbocycles. The molecule has 0 aromatic heterocycles. The van der Waals surface area contributed by atoms with E-state index in [1.54, 1.807) is 38.3 Å². The van der Waals surface area contributed by atoms with Crippen LogP contribution in [0.15, 0.2) is 42.5 Å². The number of anilines is 1. The van der Waals surface area contributed by atoms with Gasteiger partial charge < -0.3 is 10.1 Å². The summed E-state index contributed by atoms with van der Waals surface area (Å²) in [7, 11) is 1.54. The molecule has 168 valence electrons. The molecule has 3 amide bonds. The molecule has 2 aromatic rings. The molecule has 1 aliphatic heterocycles. The van der Waals surface area contributed by atoms with Gasteiger partial charge in [-0.1, -0.05) is 23.2 Å². The van der Waals surface area contributed by atoms with E-state index >= 15 is 0 Å². The SMILES string of the molecule is CCN1C(=O)C(CC(=O)Nc2ccc(OC)cc2)N(NC(=O)c2ccc(Cl)cc2Cl)C1=S. The number of amides is 3. The molecule has 1 heterocycles. The first kappa shape index (κ1) is 23.8. The smallest absolute Gasteiger partial charge is 0.271 e. The topological polar surface area (TPSA) is 91.0 Å². The minimum absolute atomic E-state index is 0.0955. The highest BCUT2D eigenvalue weighted by Gasteiger charge is 2.44. The second-order valence-corrected chi connectivity index (χ2v) is 8.01. The first-order chi connectivity index (χ1) is 15.2. The zero-order chi connectivity index (χ0) is 23.4. The van der Waals surface area contributed by atoms with Crippen molar-refractivity contribution in [1.29, 1.82) is 0 Å². The predicted octanol–water partition coefficient (Wildman–Crippen LogP) is 3.49. The van der Waals surface area contributed by atoms with Crippen LogP contribution < -0.4 is 15.5 Å². The highest BCUT2D eigenvalue weighted by Crippen LogP contribution is 2.24. The number of hydrazine groups is 1. The van der Waals surface area contributed by atoms with Crippen LogP contribution in [0, 0.1) is 0 Å². The molecule has 8 nitrogen and oxygen atoms in total. The molecule has 1 saturated heterocycles. The quantitative estimate of drug-likeness (QED) is 0.572. The van der Waals surface area contributed by atoms with E-state index in [0.29, 0.717) is 23.0 Å². The van der Waals surface area contributed by atoms with Gasteiger partial charge in [-0.3, -0.25) is 24.7 Å². The van der Waals surface area contributed by atoms with Gasteiger partial charge in [0.25, 0.3) is 11.8 Å². The summed E-state index contributed by atoms with van der Waals surface area (Å²) in [5, 5.41) is 4.57. The van der Waals surface area contributed by atoms with Crippen LogP contribution >= 0.6 is 35.4 Å². The van der Waals surface area contributed by atoms with E-state index in [-0.39, 0.29) is 28.0 Å². The summed E-state index contributed by atoms with van der Waals surface area (Å²) < 4.78 is 5.09. The van der Waals surface area contributed by atoms with E-state index in [9.17, 15) is 14.4 Å². The summed E-state index contributed by atoms with van der Waals surface area (Å²) in [5.74, 6) is -0.740. The number of carbonyl (C=O) groups excluding carboxylic acids is 3. The van der Waals surface area contributed by atoms with Crippen LogP contribution in [0.4, 0.5) is 5.69 Å². The van der Waals surface area contributed by atoms with E-state index in [0.717, 1.165) is 0 Å². The fraction of sp³-hybridized carbons (Fsp3) is 0.238. The van der Waals surface area contributed by atoms with Gasteiger partial charge in [-0.25, -0.2) is 5.01 Å². The Labute approximate surface area is 200 Å². The normalized spacial score (nSPS) is 15.7. The monoisotopic (exact) mass is 494 g/mol. The number of nitrogens with zero attached hydrogens (tertiary/aromatic N) is 2. The number of ether oxygens (including phenoxy) is 1. The number of rotatable bonds is 7. The van der Waals surface area contributed by atoms with Gasteiger partial charge in [-0.15, -0.1) is 0 Å². The van der Waals surface area contributed by atoms with Gasteiger partial charge in [0, 0.05) is 17.3 Å². The minimum atomic E-state index is -1.00. The van der Waals surface area contributed by atoms with Crippen LogP contribution in [-0.2, 0) is 9.59 Å². The molecule has 0 bridgehead atoms. The van der Waals surface area contributed by atoms with Crippen molar-refractivity contribution in [3.63, 3.8) is 0 Å². The summed E-state index contributed by atoms with van der Waals surface area (Å²) in [6.45, 7) is 2.04. The van der Waals surface area contributed by atoms with Crippen molar-refractivity contribution >= 4 is 63.9 Å². The van der Waals surface area contributed by atoms with E-state index in [4.69, 9.17) is 40.2 Å². The Morgan fingerprint density at radius 1 is 1.16 bits per heavy atom. The molecule has 0 radical (unpaired) electrons. The summed E-state index contributed by atoms with van der Waals surface area (Å²) in [6, 6.07) is 10.2. The van der Waals surface area contributed by atoms with Crippen molar-refractivity contribution < 1.29 is 19.1 Å². The molecule has 3 rings (SSSR count). The van der Waals surface area contributed by atoms with Gasteiger partial charge in [-0.2, -0.15) is 0 Å². The van der Waals surface area contributed by atoms with E-state index in [2.05, 4.69) is 10.7 Å². The molecular formula is C21H20Cl2N4O4S. The highest BCUT2D eigenvalue weighted by molar-refractivity contribution is 7.80. The number of hydrogen-bond acceptors (Lipinski definition) is 5. The fourth-order valence-corrected chi connectivity index (χ4v) is 4.03. The molecule has 1 unspecified atom stereocenters. The zero-order valence-corrected chi connectivity index (χ0v) is 19.6. The standard InChI is InChI=1S/C21H20Cl2N4O4S/c1-3-26-20(30)17(11-18(28)24-13-5-7-14(31-2)8-6-13)27(21(26)32)25-19(29)15-9-4-12(22)10-16(15)23/h4-10,17H,3,11H2,1-2H3,(H,24,28)(H,25,29). The Morgan fingerprint density at radius 3 is 2.44 bits per heavy atom. The Bertz CT molecular complexity index is 1060. The van der Waals surface area contributed by atoms with Gasteiger partial charge in [-0.05, 0) is 61.6 Å². The van der Waals surface area contributed by atoms with E-state index in [1.807, 2.05) is 0 Å². The fourth-order valence-electron chi connectivity index (χ4n) is 3.15. The molecule has 2 aromatic carbocycles. The summed E-state index contributed by atoms with van der Waals surface area (Å²) >= 11 is 17.4. The zero-order valence-electron chi connectivity index (χ0n) is 17.2. The van der Waals surface area contributed by atoms with Crippen LogP contribution in [0.25, 0.3) is 0 Å². The van der Waals surface area contributed by atoms with Crippen LogP contribution in [0.1, 0.15) is 23.7 Å². The number of nitrogens with one attached hydrogen (secondary N) is 2. The average Bonchev–Trinajstić information content (AvgIpc) is 2.97. The third-order valence-electron chi connectivity index (χ3n) is 4.77. The lowest BCUT2D eigenvalue weighted by Crippen LogP contribution is -2.49. The van der Waals surface area contributed by atoms with Crippen molar-refractivity contribution in [1.82, 2.24) is 15.3 Å². The number of methoxy groups -OCH3 is 1. The first-order valence-electron chi connectivity index (χ1n) is 9.59. The number of carbonyl (C=O) groups is 3. The van der Waals surface area contributed by atoms with Crippen molar-refractivity contribution in [2.24, 2.45) is 0 Å². The maximum absolute atomic E-state index is 12.9. The Balaban J connectivity index is 1.76. The molecule has 2 N–H and O–H groups in total. The maximum atomic E-state index is 12.9. The van der Waals surface area contributed by atoms with E-state index in [1.165, 1.54) is 28.1 Å². The lowest BCUT2D eigenvalue weighted by molar-refractivity contribution is -0.130. The van der Waals surface area contributed by atoms with Crippen LogP contribution in [0.3, 0.4) is 0 Å². The molecule has 1 fully saturated rings. The molecule has 32 heavy (non-hydrogen) atoms. The highest BCUT2D eigenvalue weighted by atomic mass is 35.5. The Kier molecular flexibility index (Phi) is 7.55. The van der Waals surface area contributed by atoms with Gasteiger partial charge in [0.15, 0.2) is 5.11 Å². The number of likely N-dealkylation sites (N-methyl/N-ethyl adjacent to an activating group) is 1. The number of halogens is 2. The van der Waals surface area contributed by atoms with Gasteiger partial charge >= 0.3 is 0 Å². The average molecular weight is 495 g/mol.